The van der Waals surface area contributed by atoms with Gasteiger partial charge < -0.3 is 15.6 Å². The van der Waals surface area contributed by atoms with Gasteiger partial charge in [-0.05, 0) is 44.5 Å². The molecule has 9 heteroatoms. The maximum Gasteiger partial charge on any atom is 0.277 e. The van der Waals surface area contributed by atoms with Gasteiger partial charge in [0.25, 0.3) is 11.5 Å². The van der Waals surface area contributed by atoms with Crippen molar-refractivity contribution in [2.24, 2.45) is 0 Å². The molecule has 3 N–H and O–H groups in total. The van der Waals surface area contributed by atoms with E-state index in [9.17, 15) is 9.59 Å². The highest BCUT2D eigenvalue weighted by molar-refractivity contribution is 6.02. The number of amides is 1. The maximum absolute atomic E-state index is 12.6. The van der Waals surface area contributed by atoms with E-state index in [2.05, 4.69) is 30.9 Å². The molecule has 0 unspecified atom stereocenters. The molecule has 1 saturated heterocycles. The molecule has 0 aliphatic carbocycles. The second-order valence-electron chi connectivity index (χ2n) is 7.04. The quantitative estimate of drug-likeness (QED) is 0.608. The summed E-state index contributed by atoms with van der Waals surface area (Å²) >= 11 is 0. The Morgan fingerprint density at radius 1 is 1.28 bits per heavy atom. The predicted molar refractivity (Wildman–Crippen MR) is 109 cm³/mol. The third-order valence-electron chi connectivity index (χ3n) is 4.98. The first-order chi connectivity index (χ1) is 14.1. The summed E-state index contributed by atoms with van der Waals surface area (Å²) in [7, 11) is 0. The molecule has 9 nitrogen and oxygen atoms in total. The molecule has 1 aromatic carbocycles. The predicted octanol–water partition coefficient (Wildman–Crippen LogP) is 1.77. The Bertz CT molecular complexity index is 1070. The van der Waals surface area contributed by atoms with Crippen LogP contribution in [0.4, 0.5) is 5.69 Å². The van der Waals surface area contributed by atoms with Crippen molar-refractivity contribution in [3.05, 3.63) is 58.3 Å². The first kappa shape index (κ1) is 19.0. The molecule has 4 rings (SSSR count). The molecule has 0 radical (unpaired) electrons. The van der Waals surface area contributed by atoms with Gasteiger partial charge in [-0.1, -0.05) is 24.3 Å². The number of aromatic amines is 1. The van der Waals surface area contributed by atoms with E-state index in [0.717, 1.165) is 25.9 Å². The number of hydrogen-bond donors (Lipinski definition) is 3. The number of carbonyl (C=O) groups excluding carboxylic acids is 1. The fourth-order valence-corrected chi connectivity index (χ4v) is 3.40. The number of benzene rings is 1. The third-order valence-corrected chi connectivity index (χ3v) is 4.98. The topological polar surface area (TPSA) is 118 Å². The highest BCUT2D eigenvalue weighted by atomic mass is 16.2. The fraction of sp³-hybridized carbons (Fsp3) is 0.350. The number of aryl methyl sites for hydroxylation is 1. The molecular weight excluding hydrogens is 370 g/mol. The molecule has 3 aromatic rings. The lowest BCUT2D eigenvalue weighted by Gasteiger charge is -2.22. The van der Waals surface area contributed by atoms with Crippen molar-refractivity contribution in [2.75, 3.05) is 18.4 Å². The average molecular weight is 393 g/mol. The molecule has 3 heterocycles. The normalized spacial score (nSPS) is 14.7. The third kappa shape index (κ3) is 4.40. The molecule has 1 amide bonds. The van der Waals surface area contributed by atoms with Crippen LogP contribution in [0.5, 0.6) is 0 Å². The fourth-order valence-electron chi connectivity index (χ4n) is 3.40. The van der Waals surface area contributed by atoms with Crippen molar-refractivity contribution in [1.82, 2.24) is 30.3 Å². The SMILES string of the molecule is CCc1cc(=O)[nH]c(-c2cccc(NC(=O)c3cn(C4CCNCC4)nn3)c2)n1. The lowest BCUT2D eigenvalue weighted by atomic mass is 10.1. The van der Waals surface area contributed by atoms with Crippen molar-refractivity contribution >= 4 is 11.6 Å². The van der Waals surface area contributed by atoms with Crippen molar-refractivity contribution in [2.45, 2.75) is 32.2 Å². The summed E-state index contributed by atoms with van der Waals surface area (Å²) in [6.07, 6.45) is 4.29. The number of rotatable bonds is 5. The first-order valence-electron chi connectivity index (χ1n) is 9.77. The number of H-pyrrole nitrogens is 1. The van der Waals surface area contributed by atoms with Crippen LogP contribution in [-0.4, -0.2) is 44.0 Å². The summed E-state index contributed by atoms with van der Waals surface area (Å²) in [5.41, 5.74) is 2.10. The number of aromatic nitrogens is 5. The Labute approximate surface area is 167 Å². The Morgan fingerprint density at radius 3 is 2.90 bits per heavy atom. The zero-order valence-corrected chi connectivity index (χ0v) is 16.2. The standard InChI is InChI=1S/C20H23N7O2/c1-2-14-11-18(28)24-19(22-14)13-4-3-5-15(10-13)23-20(29)17-12-27(26-25-17)16-6-8-21-9-7-16/h3-5,10-12,16,21H,2,6-9H2,1H3,(H,23,29)(H,22,24,28). The van der Waals surface area contributed by atoms with Gasteiger partial charge in [0.1, 0.15) is 5.82 Å². The van der Waals surface area contributed by atoms with Gasteiger partial charge in [-0.2, -0.15) is 0 Å². The van der Waals surface area contributed by atoms with Crippen molar-refractivity contribution < 1.29 is 4.79 Å². The summed E-state index contributed by atoms with van der Waals surface area (Å²) < 4.78 is 1.77. The zero-order chi connectivity index (χ0) is 20.2. The second-order valence-corrected chi connectivity index (χ2v) is 7.04. The number of piperidine rings is 1. The van der Waals surface area contributed by atoms with E-state index >= 15 is 0 Å². The van der Waals surface area contributed by atoms with Gasteiger partial charge in [-0.25, -0.2) is 9.67 Å². The molecule has 0 bridgehead atoms. The summed E-state index contributed by atoms with van der Waals surface area (Å²) in [6, 6.07) is 8.94. The zero-order valence-electron chi connectivity index (χ0n) is 16.2. The molecular formula is C20H23N7O2. The van der Waals surface area contributed by atoms with Crippen LogP contribution >= 0.6 is 0 Å². The van der Waals surface area contributed by atoms with Crippen molar-refractivity contribution in [3.63, 3.8) is 0 Å². The van der Waals surface area contributed by atoms with Crippen molar-refractivity contribution in [3.8, 4) is 11.4 Å². The maximum atomic E-state index is 12.6. The summed E-state index contributed by atoms with van der Waals surface area (Å²) in [6.45, 7) is 3.82. The van der Waals surface area contributed by atoms with Crippen molar-refractivity contribution in [1.29, 1.82) is 0 Å². The molecule has 0 spiro atoms. The van der Waals surface area contributed by atoms with Crippen LogP contribution in [0.15, 0.2) is 41.3 Å². The Balaban J connectivity index is 1.51. The largest absolute Gasteiger partial charge is 0.321 e. The van der Waals surface area contributed by atoms with E-state index in [-0.39, 0.29) is 23.2 Å². The van der Waals surface area contributed by atoms with Gasteiger partial charge in [0.15, 0.2) is 5.69 Å². The average Bonchev–Trinajstić information content (AvgIpc) is 3.25. The molecule has 29 heavy (non-hydrogen) atoms. The van der Waals surface area contributed by atoms with E-state index in [1.807, 2.05) is 13.0 Å². The Morgan fingerprint density at radius 2 is 2.10 bits per heavy atom. The van der Waals surface area contributed by atoms with Crippen LogP contribution in [0.1, 0.15) is 42.0 Å². The van der Waals surface area contributed by atoms with Crippen LogP contribution in [0.3, 0.4) is 0 Å². The number of nitrogens with zero attached hydrogens (tertiary/aromatic N) is 4. The Kier molecular flexibility index (Phi) is 5.48. The molecule has 1 aliphatic rings. The number of hydrogen-bond acceptors (Lipinski definition) is 6. The molecule has 1 fully saturated rings. The van der Waals surface area contributed by atoms with Crippen LogP contribution in [0.25, 0.3) is 11.4 Å². The monoisotopic (exact) mass is 393 g/mol. The highest BCUT2D eigenvalue weighted by Gasteiger charge is 2.19. The second kappa shape index (κ2) is 8.36. The molecule has 150 valence electrons. The van der Waals surface area contributed by atoms with Crippen LogP contribution in [-0.2, 0) is 6.42 Å². The molecule has 0 atom stereocenters. The Hall–Kier alpha value is -3.33. The van der Waals surface area contributed by atoms with Crippen LogP contribution in [0, 0.1) is 0 Å². The minimum atomic E-state index is -0.328. The summed E-state index contributed by atoms with van der Waals surface area (Å²) in [5, 5.41) is 14.3. The minimum absolute atomic E-state index is 0.198. The summed E-state index contributed by atoms with van der Waals surface area (Å²) in [5.74, 6) is 0.147. The van der Waals surface area contributed by atoms with Crippen LogP contribution < -0.4 is 16.2 Å². The van der Waals surface area contributed by atoms with E-state index < -0.39 is 0 Å². The van der Waals surface area contributed by atoms with Gasteiger partial charge in [0.05, 0.1) is 12.2 Å². The smallest absolute Gasteiger partial charge is 0.277 e. The molecule has 2 aromatic heterocycles. The van der Waals surface area contributed by atoms with Gasteiger partial charge in [-0.3, -0.25) is 9.59 Å². The first-order valence-corrected chi connectivity index (χ1v) is 9.77. The number of anilines is 1. The number of carbonyl (C=O) groups is 1. The van der Waals surface area contributed by atoms with Gasteiger partial charge >= 0.3 is 0 Å². The number of nitrogens with one attached hydrogen (secondary N) is 3. The van der Waals surface area contributed by atoms with Gasteiger partial charge in [0.2, 0.25) is 0 Å². The summed E-state index contributed by atoms with van der Waals surface area (Å²) in [4.78, 5) is 31.6. The van der Waals surface area contributed by atoms with E-state index in [4.69, 9.17) is 0 Å². The van der Waals surface area contributed by atoms with E-state index in [0.29, 0.717) is 29.2 Å². The van der Waals surface area contributed by atoms with Crippen LogP contribution in [0.2, 0.25) is 0 Å². The molecule has 0 saturated carbocycles. The lowest BCUT2D eigenvalue weighted by Crippen LogP contribution is -2.29. The van der Waals surface area contributed by atoms with E-state index in [1.165, 1.54) is 6.07 Å². The van der Waals surface area contributed by atoms with Gasteiger partial charge in [-0.15, -0.1) is 5.10 Å². The lowest BCUT2D eigenvalue weighted by molar-refractivity contribution is 0.102. The van der Waals surface area contributed by atoms with Gasteiger partial charge in [0, 0.05) is 23.0 Å². The minimum Gasteiger partial charge on any atom is -0.321 e. The highest BCUT2D eigenvalue weighted by Crippen LogP contribution is 2.20. The molecule has 1 aliphatic heterocycles. The van der Waals surface area contributed by atoms with E-state index in [1.54, 1.807) is 29.1 Å².